The summed E-state index contributed by atoms with van der Waals surface area (Å²) in [6.45, 7) is 5.85. The van der Waals surface area contributed by atoms with E-state index in [0.29, 0.717) is 30.5 Å². The number of fused-ring (bicyclic) bond motifs is 1. The van der Waals surface area contributed by atoms with Gasteiger partial charge in [-0.05, 0) is 85.7 Å². The number of carbonyl (C=O) groups is 2. The molecule has 1 aromatic heterocycles. The van der Waals surface area contributed by atoms with E-state index >= 15 is 0 Å². The van der Waals surface area contributed by atoms with Gasteiger partial charge in [-0.2, -0.15) is 0 Å². The Labute approximate surface area is 190 Å². The van der Waals surface area contributed by atoms with E-state index < -0.39 is 11.7 Å². The number of carbonyl (C=O) groups excluding carboxylic acids is 2. The van der Waals surface area contributed by atoms with E-state index in [1.165, 1.54) is 12.1 Å². The van der Waals surface area contributed by atoms with Gasteiger partial charge in [0.1, 0.15) is 5.78 Å². The highest BCUT2D eigenvalue weighted by atomic mass is 19.3. The van der Waals surface area contributed by atoms with Crippen molar-refractivity contribution in [3.63, 3.8) is 0 Å². The Morgan fingerprint density at radius 1 is 1.09 bits per heavy atom. The Hall–Kier alpha value is -3.35. The van der Waals surface area contributed by atoms with E-state index in [9.17, 15) is 18.4 Å². The van der Waals surface area contributed by atoms with Crippen molar-refractivity contribution in [2.24, 2.45) is 0 Å². The van der Waals surface area contributed by atoms with E-state index in [2.05, 4.69) is 9.47 Å². The monoisotopic (exact) mass is 451 g/mol. The number of aromatic nitrogens is 1. The van der Waals surface area contributed by atoms with Gasteiger partial charge in [0, 0.05) is 18.5 Å². The van der Waals surface area contributed by atoms with Crippen LogP contribution < -0.4 is 9.47 Å². The summed E-state index contributed by atoms with van der Waals surface area (Å²) in [7, 11) is 0. The normalized spacial score (nSPS) is 19.7. The lowest BCUT2D eigenvalue weighted by molar-refractivity contribution is -0.286. The zero-order chi connectivity index (χ0) is 23.5. The smallest absolute Gasteiger partial charge is 0.395 e. The highest BCUT2D eigenvalue weighted by molar-refractivity contribution is 6.00. The predicted molar refractivity (Wildman–Crippen MR) is 117 cm³/mol. The lowest BCUT2D eigenvalue weighted by Gasteiger charge is -2.18. The third-order valence-electron chi connectivity index (χ3n) is 6.73. The van der Waals surface area contributed by atoms with Crippen LogP contribution in [0.5, 0.6) is 11.5 Å². The number of ketones is 2. The number of halogens is 2. The van der Waals surface area contributed by atoms with Gasteiger partial charge in [0.15, 0.2) is 17.3 Å². The highest BCUT2D eigenvalue weighted by Gasteiger charge is 2.52. The Morgan fingerprint density at radius 2 is 1.82 bits per heavy atom. The van der Waals surface area contributed by atoms with Crippen molar-refractivity contribution in [1.82, 2.24) is 4.98 Å². The third kappa shape index (κ3) is 3.75. The largest absolute Gasteiger partial charge is 0.586 e. The number of alkyl halides is 2. The number of allylic oxidation sites excluding steroid dienone is 4. The van der Waals surface area contributed by atoms with Crippen molar-refractivity contribution in [1.29, 1.82) is 0 Å². The SMILES string of the molecule is CC1=CC(=O)CC=C1c1nc(CC(=O)C2(c3ccc4c(c3)OC(F)(F)O4)CC2)cc(C)c1C. The first-order valence-electron chi connectivity index (χ1n) is 10.9. The molecule has 1 aliphatic heterocycles. The second-order valence-electron chi connectivity index (χ2n) is 9.03. The standard InChI is InChI=1S/C26H23F2NO4/c1-14-10-18(29-24(16(14)3)20-6-5-19(30)11-15(20)2)13-23(31)25(8-9-25)17-4-7-21-22(12-17)33-26(27,28)32-21/h4,6-7,10-12H,5,8-9,13H2,1-3H3. The number of ether oxygens (including phenoxy) is 2. The average molecular weight is 451 g/mol. The molecule has 170 valence electrons. The zero-order valence-electron chi connectivity index (χ0n) is 18.6. The molecule has 0 spiro atoms. The second-order valence-corrected chi connectivity index (χ2v) is 9.03. The topological polar surface area (TPSA) is 65.5 Å². The van der Waals surface area contributed by atoms with Gasteiger partial charge in [-0.1, -0.05) is 12.1 Å². The van der Waals surface area contributed by atoms with Crippen LogP contribution in [0.4, 0.5) is 8.78 Å². The number of benzene rings is 1. The maximum Gasteiger partial charge on any atom is 0.586 e. The van der Waals surface area contributed by atoms with E-state index in [4.69, 9.17) is 4.98 Å². The molecule has 1 saturated carbocycles. The number of pyridine rings is 1. The van der Waals surface area contributed by atoms with Crippen molar-refractivity contribution in [3.8, 4) is 11.5 Å². The van der Waals surface area contributed by atoms with Crippen LogP contribution in [0.15, 0.2) is 42.0 Å². The summed E-state index contributed by atoms with van der Waals surface area (Å²) in [5, 5.41) is 0. The fourth-order valence-corrected chi connectivity index (χ4v) is 4.62. The Morgan fingerprint density at radius 3 is 2.52 bits per heavy atom. The molecule has 2 aliphatic carbocycles. The molecule has 0 bridgehead atoms. The highest BCUT2D eigenvalue weighted by Crippen LogP contribution is 2.52. The summed E-state index contributed by atoms with van der Waals surface area (Å²) < 4.78 is 35.8. The van der Waals surface area contributed by atoms with Gasteiger partial charge in [0.05, 0.1) is 11.1 Å². The van der Waals surface area contributed by atoms with Crippen LogP contribution in [0.2, 0.25) is 0 Å². The molecule has 2 heterocycles. The zero-order valence-corrected chi connectivity index (χ0v) is 18.6. The van der Waals surface area contributed by atoms with Gasteiger partial charge in [-0.3, -0.25) is 14.6 Å². The fourth-order valence-electron chi connectivity index (χ4n) is 4.62. The Bertz CT molecular complexity index is 1270. The van der Waals surface area contributed by atoms with Gasteiger partial charge in [-0.15, -0.1) is 8.78 Å². The average Bonchev–Trinajstić information content (AvgIpc) is 3.48. The van der Waals surface area contributed by atoms with Gasteiger partial charge in [0.25, 0.3) is 0 Å². The first-order valence-corrected chi connectivity index (χ1v) is 10.9. The number of rotatable bonds is 5. The fraction of sp³-hybridized carbons (Fsp3) is 0.346. The summed E-state index contributed by atoms with van der Waals surface area (Å²) >= 11 is 0. The number of hydrogen-bond acceptors (Lipinski definition) is 5. The molecule has 0 unspecified atom stereocenters. The summed E-state index contributed by atoms with van der Waals surface area (Å²) in [5.74, 6) is -0.0247. The van der Waals surface area contributed by atoms with E-state index in [0.717, 1.165) is 28.0 Å². The number of nitrogens with zero attached hydrogens (tertiary/aromatic N) is 1. The van der Waals surface area contributed by atoms with Gasteiger partial charge in [0.2, 0.25) is 0 Å². The van der Waals surface area contributed by atoms with Crippen molar-refractivity contribution in [2.45, 2.75) is 58.2 Å². The van der Waals surface area contributed by atoms with Crippen LogP contribution in [0.1, 0.15) is 54.3 Å². The molecule has 0 N–H and O–H groups in total. The maximum absolute atomic E-state index is 13.4. The van der Waals surface area contributed by atoms with E-state index in [-0.39, 0.29) is 29.5 Å². The van der Waals surface area contributed by atoms with Crippen LogP contribution >= 0.6 is 0 Å². The second kappa shape index (κ2) is 7.33. The first-order chi connectivity index (χ1) is 15.6. The predicted octanol–water partition coefficient (Wildman–Crippen LogP) is 5.17. The van der Waals surface area contributed by atoms with Crippen LogP contribution in [0.25, 0.3) is 5.57 Å². The Kier molecular flexibility index (Phi) is 4.78. The van der Waals surface area contributed by atoms with Crippen LogP contribution in [-0.2, 0) is 21.4 Å². The molecular weight excluding hydrogens is 428 g/mol. The minimum absolute atomic E-state index is 0.00473. The van der Waals surface area contributed by atoms with Crippen LogP contribution in [-0.4, -0.2) is 22.8 Å². The molecular formula is C26H23F2NO4. The summed E-state index contributed by atoms with van der Waals surface area (Å²) in [6, 6.07) is 6.49. The summed E-state index contributed by atoms with van der Waals surface area (Å²) in [6.07, 6.45) is 1.60. The quantitative estimate of drug-likeness (QED) is 0.628. The third-order valence-corrected chi connectivity index (χ3v) is 6.73. The molecule has 1 aromatic carbocycles. The lowest BCUT2D eigenvalue weighted by atomic mass is 9.87. The van der Waals surface area contributed by atoms with E-state index in [1.54, 1.807) is 12.1 Å². The van der Waals surface area contributed by atoms with Gasteiger partial charge in [-0.25, -0.2) is 0 Å². The number of hydrogen-bond donors (Lipinski definition) is 0. The molecule has 1 fully saturated rings. The maximum atomic E-state index is 13.4. The molecule has 2 aromatic rings. The molecule has 0 saturated heterocycles. The first kappa shape index (κ1) is 21.5. The van der Waals surface area contributed by atoms with E-state index in [1.807, 2.05) is 32.9 Å². The van der Waals surface area contributed by atoms with Crippen molar-refractivity contribution in [2.75, 3.05) is 0 Å². The minimum Gasteiger partial charge on any atom is -0.395 e. The summed E-state index contributed by atoms with van der Waals surface area (Å²) in [5.41, 5.74) is 5.19. The van der Waals surface area contributed by atoms with Crippen molar-refractivity contribution >= 4 is 17.1 Å². The minimum atomic E-state index is -3.69. The van der Waals surface area contributed by atoms with Crippen LogP contribution in [0, 0.1) is 13.8 Å². The number of aryl methyl sites for hydroxylation is 1. The Balaban J connectivity index is 1.43. The molecule has 7 heteroatoms. The molecule has 5 rings (SSSR count). The lowest BCUT2D eigenvalue weighted by Crippen LogP contribution is -2.26. The molecule has 0 amide bonds. The summed E-state index contributed by atoms with van der Waals surface area (Å²) in [4.78, 5) is 29.9. The number of Topliss-reactive ketones (excluding diaryl/α,β-unsaturated/α-hetero) is 1. The molecule has 0 atom stereocenters. The van der Waals surface area contributed by atoms with Gasteiger partial charge < -0.3 is 9.47 Å². The molecule has 5 nitrogen and oxygen atoms in total. The van der Waals surface area contributed by atoms with Gasteiger partial charge >= 0.3 is 6.29 Å². The molecule has 33 heavy (non-hydrogen) atoms. The molecule has 0 radical (unpaired) electrons. The van der Waals surface area contributed by atoms with Crippen LogP contribution in [0.3, 0.4) is 0 Å². The van der Waals surface area contributed by atoms with Crippen molar-refractivity contribution < 1.29 is 27.8 Å². The van der Waals surface area contributed by atoms with Crippen molar-refractivity contribution in [3.05, 3.63) is 70.1 Å². The molecule has 3 aliphatic rings.